The molecule has 0 atom stereocenters. The van der Waals surface area contributed by atoms with E-state index in [1.807, 2.05) is 26.0 Å². The fraction of sp³-hybridized carbons (Fsp3) is 0.156. The third kappa shape index (κ3) is 7.43. The maximum Gasteiger partial charge on any atom is 0.264 e. The van der Waals surface area contributed by atoms with Crippen molar-refractivity contribution in [2.24, 2.45) is 5.10 Å². The summed E-state index contributed by atoms with van der Waals surface area (Å²) < 4.78 is 28.5. The highest BCUT2D eigenvalue weighted by molar-refractivity contribution is 7.92. The second-order valence-electron chi connectivity index (χ2n) is 9.89. The molecule has 0 bridgehead atoms. The van der Waals surface area contributed by atoms with Crippen molar-refractivity contribution in [3.05, 3.63) is 124 Å². The minimum Gasteiger partial charge on any atom is -0.322 e. The Morgan fingerprint density at radius 1 is 0.833 bits per heavy atom. The van der Waals surface area contributed by atoms with Crippen molar-refractivity contribution in [2.45, 2.75) is 32.6 Å². The van der Waals surface area contributed by atoms with E-state index in [0.717, 1.165) is 15.4 Å². The molecule has 0 aliphatic rings. The van der Waals surface area contributed by atoms with Crippen LogP contribution < -0.4 is 15.0 Å². The van der Waals surface area contributed by atoms with Gasteiger partial charge in [0.1, 0.15) is 6.54 Å². The third-order valence-corrected chi connectivity index (χ3v) is 8.51. The van der Waals surface area contributed by atoms with Crippen LogP contribution in [0.1, 0.15) is 39.5 Å². The van der Waals surface area contributed by atoms with Gasteiger partial charge in [-0.15, -0.1) is 0 Å². The fourth-order valence-corrected chi connectivity index (χ4v) is 5.82. The molecular formula is C32H31ClN4O4S. The quantitative estimate of drug-likeness (QED) is 0.174. The van der Waals surface area contributed by atoms with Crippen LogP contribution in [0.2, 0.25) is 5.02 Å². The lowest BCUT2D eigenvalue weighted by atomic mass is 10.1. The summed E-state index contributed by atoms with van der Waals surface area (Å²) in [6.45, 7) is 6.75. The Balaban J connectivity index is 1.53. The van der Waals surface area contributed by atoms with Crippen LogP contribution in [0.15, 0.2) is 101 Å². The molecule has 0 unspecified atom stereocenters. The number of hydrogen-bond donors (Lipinski definition) is 2. The molecule has 0 heterocycles. The summed E-state index contributed by atoms with van der Waals surface area (Å²) in [5.74, 6) is -0.935. The van der Waals surface area contributed by atoms with Crippen molar-refractivity contribution >= 4 is 50.5 Å². The first-order valence-electron chi connectivity index (χ1n) is 13.1. The fourth-order valence-electron chi connectivity index (χ4n) is 4.16. The minimum absolute atomic E-state index is 0.0816. The van der Waals surface area contributed by atoms with Crippen LogP contribution in [0.4, 0.5) is 11.4 Å². The van der Waals surface area contributed by atoms with Crippen LogP contribution in [0.5, 0.6) is 0 Å². The van der Waals surface area contributed by atoms with E-state index in [4.69, 9.17) is 11.6 Å². The van der Waals surface area contributed by atoms with Gasteiger partial charge in [0.25, 0.3) is 21.8 Å². The van der Waals surface area contributed by atoms with E-state index in [1.165, 1.54) is 12.1 Å². The predicted octanol–water partition coefficient (Wildman–Crippen LogP) is 6.25. The van der Waals surface area contributed by atoms with E-state index in [9.17, 15) is 18.0 Å². The number of nitrogens with zero attached hydrogens (tertiary/aromatic N) is 2. The van der Waals surface area contributed by atoms with E-state index >= 15 is 0 Å². The summed E-state index contributed by atoms with van der Waals surface area (Å²) in [4.78, 5) is 25.8. The molecule has 42 heavy (non-hydrogen) atoms. The number of halogens is 1. The Hall–Kier alpha value is -4.47. The molecule has 4 aromatic rings. The molecule has 4 aromatic carbocycles. The molecule has 0 spiro atoms. The van der Waals surface area contributed by atoms with Gasteiger partial charge < -0.3 is 5.32 Å². The zero-order valence-electron chi connectivity index (χ0n) is 23.7. The monoisotopic (exact) mass is 602 g/mol. The highest BCUT2D eigenvalue weighted by Crippen LogP contribution is 2.28. The largest absolute Gasteiger partial charge is 0.322 e. The van der Waals surface area contributed by atoms with Crippen molar-refractivity contribution in [3.63, 3.8) is 0 Å². The van der Waals surface area contributed by atoms with Gasteiger partial charge in [-0.1, -0.05) is 59.6 Å². The van der Waals surface area contributed by atoms with Crippen LogP contribution in [-0.2, 0) is 14.8 Å². The van der Waals surface area contributed by atoms with Crippen molar-refractivity contribution in [2.75, 3.05) is 16.2 Å². The van der Waals surface area contributed by atoms with Gasteiger partial charge in [-0.3, -0.25) is 13.9 Å². The Labute approximate surface area is 251 Å². The molecule has 0 fully saturated rings. The highest BCUT2D eigenvalue weighted by Gasteiger charge is 2.28. The molecule has 216 valence electrons. The second-order valence-corrected chi connectivity index (χ2v) is 12.2. The molecule has 2 amide bonds. The molecule has 4 rings (SSSR count). The van der Waals surface area contributed by atoms with Gasteiger partial charge in [-0.05, 0) is 92.9 Å². The van der Waals surface area contributed by atoms with E-state index in [1.54, 1.807) is 80.6 Å². The number of hydrogen-bond acceptors (Lipinski definition) is 5. The van der Waals surface area contributed by atoms with Gasteiger partial charge in [-0.2, -0.15) is 5.10 Å². The standard InChI is InChI=1S/C32H31ClN4O4S/c1-21-12-15-29(16-13-21)42(40,41)37(30-17-22(2)11-14-23(30)3)20-31(38)36-35-24(4)25-7-6-10-28(19-25)34-32(39)26-8-5-9-27(33)18-26/h5-19H,20H2,1-4H3,(H,34,39)(H,36,38)/b35-24-. The molecule has 0 aliphatic heterocycles. The number of amides is 2. The van der Waals surface area contributed by atoms with Crippen LogP contribution in [0.3, 0.4) is 0 Å². The van der Waals surface area contributed by atoms with Gasteiger partial charge >= 0.3 is 0 Å². The number of hydrazone groups is 1. The minimum atomic E-state index is -4.06. The third-order valence-electron chi connectivity index (χ3n) is 6.50. The molecule has 0 radical (unpaired) electrons. The molecule has 0 saturated heterocycles. The van der Waals surface area contributed by atoms with Gasteiger partial charge in [-0.25, -0.2) is 13.8 Å². The molecule has 0 aliphatic carbocycles. The van der Waals surface area contributed by atoms with Gasteiger partial charge in [0.2, 0.25) is 0 Å². The maximum absolute atomic E-state index is 13.7. The van der Waals surface area contributed by atoms with E-state index < -0.39 is 22.5 Å². The van der Waals surface area contributed by atoms with Crippen molar-refractivity contribution in [1.29, 1.82) is 0 Å². The number of sulfonamides is 1. The van der Waals surface area contributed by atoms with Crippen molar-refractivity contribution in [3.8, 4) is 0 Å². The Morgan fingerprint density at radius 2 is 1.50 bits per heavy atom. The van der Waals surface area contributed by atoms with Gasteiger partial charge in [0.15, 0.2) is 0 Å². The average molecular weight is 603 g/mol. The van der Waals surface area contributed by atoms with E-state index in [2.05, 4.69) is 15.8 Å². The highest BCUT2D eigenvalue weighted by atomic mass is 35.5. The lowest BCUT2D eigenvalue weighted by Gasteiger charge is -2.25. The number of nitrogens with one attached hydrogen (secondary N) is 2. The topological polar surface area (TPSA) is 108 Å². The summed E-state index contributed by atoms with van der Waals surface area (Å²) in [6.07, 6.45) is 0. The Bertz CT molecular complexity index is 1770. The van der Waals surface area contributed by atoms with Crippen molar-refractivity contribution < 1.29 is 18.0 Å². The lowest BCUT2D eigenvalue weighted by Crippen LogP contribution is -2.40. The summed E-state index contributed by atoms with van der Waals surface area (Å²) in [5, 5.41) is 7.48. The first-order valence-corrected chi connectivity index (χ1v) is 14.9. The Kier molecular flexibility index (Phi) is 9.45. The molecule has 8 nitrogen and oxygen atoms in total. The zero-order valence-corrected chi connectivity index (χ0v) is 25.3. The summed E-state index contributed by atoms with van der Waals surface area (Å²) in [6, 6.07) is 25.5. The number of carbonyl (C=O) groups is 2. The van der Waals surface area contributed by atoms with Crippen LogP contribution >= 0.6 is 11.6 Å². The number of carbonyl (C=O) groups excluding carboxylic acids is 2. The number of anilines is 2. The SMILES string of the molecule is C/C(=N/NC(=O)CN(c1cc(C)ccc1C)S(=O)(=O)c1ccc(C)cc1)c1cccc(NC(=O)c2cccc(Cl)c2)c1. The molecule has 2 N–H and O–H groups in total. The summed E-state index contributed by atoms with van der Waals surface area (Å²) >= 11 is 5.99. The average Bonchev–Trinajstić information content (AvgIpc) is 2.96. The maximum atomic E-state index is 13.7. The predicted molar refractivity (Wildman–Crippen MR) is 168 cm³/mol. The molecule has 0 aromatic heterocycles. The van der Waals surface area contributed by atoms with Crippen LogP contribution in [-0.4, -0.2) is 32.5 Å². The summed E-state index contributed by atoms with van der Waals surface area (Å²) in [7, 11) is -4.06. The summed E-state index contributed by atoms with van der Waals surface area (Å²) in [5.41, 5.74) is 7.44. The first kappa shape index (κ1) is 30.5. The smallest absolute Gasteiger partial charge is 0.264 e. The molecular weight excluding hydrogens is 572 g/mol. The number of benzene rings is 4. The van der Waals surface area contributed by atoms with Gasteiger partial charge in [0.05, 0.1) is 16.3 Å². The first-order chi connectivity index (χ1) is 19.9. The lowest BCUT2D eigenvalue weighted by molar-refractivity contribution is -0.119. The number of aryl methyl sites for hydroxylation is 3. The number of rotatable bonds is 9. The van der Waals surface area contributed by atoms with E-state index in [0.29, 0.717) is 38.8 Å². The zero-order chi connectivity index (χ0) is 30.4. The van der Waals surface area contributed by atoms with Crippen LogP contribution in [0, 0.1) is 20.8 Å². The van der Waals surface area contributed by atoms with Gasteiger partial charge in [0, 0.05) is 16.3 Å². The van der Waals surface area contributed by atoms with Crippen molar-refractivity contribution in [1.82, 2.24) is 5.43 Å². The molecule has 10 heteroatoms. The van der Waals surface area contributed by atoms with E-state index in [-0.39, 0.29) is 10.8 Å². The second kappa shape index (κ2) is 13.0. The van der Waals surface area contributed by atoms with Crippen LogP contribution in [0.25, 0.3) is 0 Å². The molecule has 0 saturated carbocycles. The normalized spacial score (nSPS) is 11.6. The Morgan fingerprint density at radius 3 is 2.21 bits per heavy atom.